The monoisotopic (exact) mass is 295 g/mol. The maximum Gasteiger partial charge on any atom is 0.0702 e. The van der Waals surface area contributed by atoms with Gasteiger partial charge in [0.2, 0.25) is 0 Å². The molecule has 0 aliphatic heterocycles. The fraction of sp³-hybridized carbons (Fsp3) is 0.200. The lowest BCUT2D eigenvalue weighted by Gasteiger charge is -2.22. The first kappa shape index (κ1) is 14.2. The minimum Gasteiger partial charge on any atom is -0.392 e. The molecule has 0 heterocycles. The number of aliphatic hydroxyl groups excluding tert-OH is 1. The van der Waals surface area contributed by atoms with Crippen LogP contribution in [0.15, 0.2) is 42.5 Å². The van der Waals surface area contributed by atoms with Crippen molar-refractivity contribution in [3.63, 3.8) is 0 Å². The molecule has 0 saturated carbocycles. The number of anilines is 1. The Hall–Kier alpha value is -1.22. The first-order valence-electron chi connectivity index (χ1n) is 5.95. The molecule has 0 aliphatic carbocycles. The Morgan fingerprint density at radius 1 is 1.00 bits per heavy atom. The third-order valence-electron chi connectivity index (χ3n) is 2.96. The van der Waals surface area contributed by atoms with Gasteiger partial charge in [-0.1, -0.05) is 41.4 Å². The molecule has 0 spiro atoms. The van der Waals surface area contributed by atoms with Gasteiger partial charge in [0.1, 0.15) is 0 Å². The molecule has 0 atom stereocenters. The van der Waals surface area contributed by atoms with Gasteiger partial charge < -0.3 is 10.0 Å². The van der Waals surface area contributed by atoms with Crippen molar-refractivity contribution in [2.75, 3.05) is 11.9 Å². The molecule has 0 bridgehead atoms. The number of hydrogen-bond donors (Lipinski definition) is 1. The number of halogens is 2. The molecule has 100 valence electrons. The fourth-order valence-corrected chi connectivity index (χ4v) is 2.27. The van der Waals surface area contributed by atoms with Crippen molar-refractivity contribution in [2.24, 2.45) is 0 Å². The zero-order chi connectivity index (χ0) is 13.8. The van der Waals surface area contributed by atoms with E-state index in [1.807, 2.05) is 43.4 Å². The van der Waals surface area contributed by atoms with Crippen LogP contribution in [0.2, 0.25) is 10.0 Å². The Balaban J connectivity index is 2.21. The Morgan fingerprint density at radius 3 is 2.26 bits per heavy atom. The van der Waals surface area contributed by atoms with Gasteiger partial charge in [-0.2, -0.15) is 0 Å². The highest BCUT2D eigenvalue weighted by molar-refractivity contribution is 6.31. The summed E-state index contributed by atoms with van der Waals surface area (Å²) in [4.78, 5) is 2.06. The molecule has 0 radical (unpaired) electrons. The Labute approximate surface area is 123 Å². The van der Waals surface area contributed by atoms with E-state index in [1.54, 1.807) is 6.07 Å². The van der Waals surface area contributed by atoms with Crippen molar-refractivity contribution in [1.82, 2.24) is 0 Å². The normalized spacial score (nSPS) is 10.5. The third-order valence-corrected chi connectivity index (χ3v) is 3.45. The molecule has 2 nitrogen and oxygen atoms in total. The summed E-state index contributed by atoms with van der Waals surface area (Å²) in [5.41, 5.74) is 2.95. The molecule has 2 aromatic rings. The second kappa shape index (κ2) is 6.29. The van der Waals surface area contributed by atoms with Crippen molar-refractivity contribution in [3.8, 4) is 0 Å². The summed E-state index contributed by atoms with van der Waals surface area (Å²) < 4.78 is 0. The van der Waals surface area contributed by atoms with Crippen LogP contribution in [0.25, 0.3) is 0 Å². The predicted octanol–water partition coefficient (Wildman–Crippen LogP) is 4.12. The van der Waals surface area contributed by atoms with Gasteiger partial charge in [-0.05, 0) is 29.8 Å². The molecule has 0 amide bonds. The molecular formula is C15H15Cl2NO. The molecule has 0 unspecified atom stereocenters. The van der Waals surface area contributed by atoms with Gasteiger partial charge in [0, 0.05) is 34.9 Å². The van der Waals surface area contributed by atoms with Crippen molar-refractivity contribution in [3.05, 3.63) is 63.6 Å². The van der Waals surface area contributed by atoms with E-state index in [4.69, 9.17) is 23.2 Å². The largest absolute Gasteiger partial charge is 0.392 e. The molecule has 1 N–H and O–H groups in total. The van der Waals surface area contributed by atoms with Gasteiger partial charge in [-0.3, -0.25) is 0 Å². The summed E-state index contributed by atoms with van der Waals surface area (Å²) in [6, 6.07) is 13.2. The van der Waals surface area contributed by atoms with Crippen LogP contribution in [-0.4, -0.2) is 12.2 Å². The molecule has 0 fully saturated rings. The second-order valence-electron chi connectivity index (χ2n) is 4.41. The van der Waals surface area contributed by atoms with Crippen LogP contribution in [0.5, 0.6) is 0 Å². The molecule has 2 rings (SSSR count). The molecule has 19 heavy (non-hydrogen) atoms. The van der Waals surface area contributed by atoms with Crippen molar-refractivity contribution >= 4 is 28.9 Å². The van der Waals surface area contributed by atoms with E-state index >= 15 is 0 Å². The highest BCUT2D eigenvalue weighted by Crippen LogP contribution is 2.25. The van der Waals surface area contributed by atoms with Crippen LogP contribution in [0.1, 0.15) is 11.1 Å². The Bertz CT molecular complexity index is 555. The van der Waals surface area contributed by atoms with Crippen LogP contribution in [0.3, 0.4) is 0 Å². The van der Waals surface area contributed by atoms with E-state index in [1.165, 1.54) is 0 Å². The zero-order valence-electron chi connectivity index (χ0n) is 10.6. The number of rotatable bonds is 4. The van der Waals surface area contributed by atoms with E-state index in [0.717, 1.165) is 28.4 Å². The first-order chi connectivity index (χ1) is 9.10. The molecule has 0 aliphatic rings. The highest BCUT2D eigenvalue weighted by atomic mass is 35.5. The lowest BCUT2D eigenvalue weighted by molar-refractivity contribution is 0.282. The molecule has 2 aromatic carbocycles. The molecular weight excluding hydrogens is 281 g/mol. The van der Waals surface area contributed by atoms with Gasteiger partial charge in [-0.15, -0.1) is 0 Å². The minimum atomic E-state index is -0.00252. The highest BCUT2D eigenvalue weighted by Gasteiger charge is 2.08. The second-order valence-corrected chi connectivity index (χ2v) is 5.29. The van der Waals surface area contributed by atoms with Gasteiger partial charge >= 0.3 is 0 Å². The SMILES string of the molecule is CN(Cc1ccc(Cl)cc1)c1cc(Cl)ccc1CO. The number of nitrogens with zero attached hydrogens (tertiary/aromatic N) is 1. The average Bonchev–Trinajstić information content (AvgIpc) is 2.41. The summed E-state index contributed by atoms with van der Waals surface area (Å²) in [5, 5.41) is 10.8. The van der Waals surface area contributed by atoms with Gasteiger partial charge in [0.25, 0.3) is 0 Å². The smallest absolute Gasteiger partial charge is 0.0702 e. The van der Waals surface area contributed by atoms with E-state index in [9.17, 15) is 5.11 Å². The van der Waals surface area contributed by atoms with E-state index < -0.39 is 0 Å². The summed E-state index contributed by atoms with van der Waals surface area (Å²) in [6.45, 7) is 0.724. The number of benzene rings is 2. The van der Waals surface area contributed by atoms with E-state index in [-0.39, 0.29) is 6.61 Å². The Kier molecular flexibility index (Phi) is 4.70. The average molecular weight is 296 g/mol. The van der Waals surface area contributed by atoms with Crippen LogP contribution < -0.4 is 4.90 Å². The maximum absolute atomic E-state index is 9.37. The van der Waals surface area contributed by atoms with E-state index in [2.05, 4.69) is 4.90 Å². The summed E-state index contributed by atoms with van der Waals surface area (Å²) in [6.07, 6.45) is 0. The van der Waals surface area contributed by atoms with Crippen molar-refractivity contribution in [2.45, 2.75) is 13.2 Å². The number of hydrogen-bond acceptors (Lipinski definition) is 2. The third kappa shape index (κ3) is 3.63. The van der Waals surface area contributed by atoms with Crippen LogP contribution in [0.4, 0.5) is 5.69 Å². The Morgan fingerprint density at radius 2 is 1.63 bits per heavy atom. The maximum atomic E-state index is 9.37. The summed E-state index contributed by atoms with van der Waals surface area (Å²) in [7, 11) is 1.97. The van der Waals surface area contributed by atoms with Gasteiger partial charge in [0.05, 0.1) is 6.61 Å². The van der Waals surface area contributed by atoms with Gasteiger partial charge in [0.15, 0.2) is 0 Å². The van der Waals surface area contributed by atoms with Crippen LogP contribution >= 0.6 is 23.2 Å². The van der Waals surface area contributed by atoms with Crippen molar-refractivity contribution < 1.29 is 5.11 Å². The molecule has 0 aromatic heterocycles. The molecule has 4 heteroatoms. The summed E-state index contributed by atoms with van der Waals surface area (Å²) in [5.74, 6) is 0. The van der Waals surface area contributed by atoms with Gasteiger partial charge in [-0.25, -0.2) is 0 Å². The quantitative estimate of drug-likeness (QED) is 0.917. The number of aliphatic hydroxyl groups is 1. The standard InChI is InChI=1S/C15H15Cl2NO/c1-18(9-11-2-5-13(16)6-3-11)15-8-14(17)7-4-12(15)10-19/h2-8,19H,9-10H2,1H3. The lowest BCUT2D eigenvalue weighted by Crippen LogP contribution is -2.18. The molecule has 0 saturated heterocycles. The summed E-state index contributed by atoms with van der Waals surface area (Å²) >= 11 is 11.9. The van der Waals surface area contributed by atoms with Crippen LogP contribution in [-0.2, 0) is 13.2 Å². The zero-order valence-corrected chi connectivity index (χ0v) is 12.1. The van der Waals surface area contributed by atoms with Crippen LogP contribution in [0, 0.1) is 0 Å². The first-order valence-corrected chi connectivity index (χ1v) is 6.70. The predicted molar refractivity (Wildman–Crippen MR) is 80.9 cm³/mol. The van der Waals surface area contributed by atoms with E-state index in [0.29, 0.717) is 5.02 Å². The topological polar surface area (TPSA) is 23.5 Å². The minimum absolute atomic E-state index is 0.00252. The fourth-order valence-electron chi connectivity index (χ4n) is 1.97. The van der Waals surface area contributed by atoms with Crippen molar-refractivity contribution in [1.29, 1.82) is 0 Å². The lowest BCUT2D eigenvalue weighted by atomic mass is 10.1.